The number of carbonyl (C=O) groups is 1. The van der Waals surface area contributed by atoms with Gasteiger partial charge in [-0.1, -0.05) is 13.3 Å². The Hall–Kier alpha value is -0.610. The maximum Gasteiger partial charge on any atom is 0.307 e. The first kappa shape index (κ1) is 15.4. The molecule has 0 aromatic rings. The Morgan fingerprint density at radius 1 is 1.33 bits per heavy atom. The predicted molar refractivity (Wildman–Crippen MR) is 73.4 cm³/mol. The van der Waals surface area contributed by atoms with Crippen LogP contribution in [0.1, 0.15) is 51.9 Å². The van der Waals surface area contributed by atoms with Crippen molar-refractivity contribution < 1.29 is 9.53 Å². The Kier molecular flexibility index (Phi) is 8.01. The van der Waals surface area contributed by atoms with Gasteiger partial charge in [-0.15, -0.1) is 0 Å². The van der Waals surface area contributed by atoms with Crippen LogP contribution in [0.5, 0.6) is 0 Å². The van der Waals surface area contributed by atoms with Crippen molar-refractivity contribution in [1.29, 1.82) is 0 Å². The first-order chi connectivity index (χ1) is 8.77. The Bertz CT molecular complexity index is 228. The van der Waals surface area contributed by atoms with E-state index in [2.05, 4.69) is 11.8 Å². The summed E-state index contributed by atoms with van der Waals surface area (Å²) in [4.78, 5) is 14.2. The smallest absolute Gasteiger partial charge is 0.307 e. The van der Waals surface area contributed by atoms with Crippen LogP contribution in [0.4, 0.5) is 0 Å². The van der Waals surface area contributed by atoms with Crippen LogP contribution in [0, 0.1) is 0 Å². The van der Waals surface area contributed by atoms with Gasteiger partial charge in [0.15, 0.2) is 0 Å². The highest BCUT2D eigenvalue weighted by molar-refractivity contribution is 5.70. The summed E-state index contributed by atoms with van der Waals surface area (Å²) in [7, 11) is 0. The number of esters is 1. The maximum atomic E-state index is 11.8. The Morgan fingerprint density at radius 2 is 2.06 bits per heavy atom. The second kappa shape index (κ2) is 9.34. The van der Waals surface area contributed by atoms with Gasteiger partial charge in [-0.3, -0.25) is 9.69 Å². The van der Waals surface area contributed by atoms with E-state index in [0.717, 1.165) is 38.8 Å². The zero-order chi connectivity index (χ0) is 13.2. The van der Waals surface area contributed by atoms with Crippen molar-refractivity contribution in [2.75, 3.05) is 26.2 Å². The van der Waals surface area contributed by atoms with E-state index in [1.54, 1.807) is 0 Å². The fourth-order valence-corrected chi connectivity index (χ4v) is 2.46. The summed E-state index contributed by atoms with van der Waals surface area (Å²) in [6, 6.07) is 0.338. The summed E-state index contributed by atoms with van der Waals surface area (Å²) in [5, 5.41) is 0. The number of unbranched alkanes of at least 4 members (excludes halogenated alkanes) is 1. The standard InChI is InChI=1S/C14H28N2O2/c1-2-3-11-18-14(17)12-13(7-6-8-15)16-9-4-5-10-16/h13H,2-12,15H2,1H3. The lowest BCUT2D eigenvalue weighted by Gasteiger charge is -2.26. The van der Waals surface area contributed by atoms with E-state index >= 15 is 0 Å². The zero-order valence-electron chi connectivity index (χ0n) is 11.7. The molecule has 0 spiro atoms. The molecule has 1 aliphatic heterocycles. The zero-order valence-corrected chi connectivity index (χ0v) is 11.7. The van der Waals surface area contributed by atoms with Gasteiger partial charge in [-0.2, -0.15) is 0 Å². The molecule has 1 saturated heterocycles. The molecule has 106 valence electrons. The number of hydrogen-bond acceptors (Lipinski definition) is 4. The van der Waals surface area contributed by atoms with Crippen molar-refractivity contribution in [3.63, 3.8) is 0 Å². The summed E-state index contributed by atoms with van der Waals surface area (Å²) < 4.78 is 5.26. The summed E-state index contributed by atoms with van der Waals surface area (Å²) in [5.41, 5.74) is 5.57. The van der Waals surface area contributed by atoms with Crippen molar-refractivity contribution in [2.45, 2.75) is 57.9 Å². The van der Waals surface area contributed by atoms with Crippen molar-refractivity contribution in [3.05, 3.63) is 0 Å². The van der Waals surface area contributed by atoms with Crippen molar-refractivity contribution in [1.82, 2.24) is 4.90 Å². The molecular weight excluding hydrogens is 228 g/mol. The summed E-state index contributed by atoms with van der Waals surface area (Å²) in [6.45, 7) is 5.62. The molecule has 1 unspecified atom stereocenters. The number of ether oxygens (including phenoxy) is 1. The molecule has 0 aromatic heterocycles. The Balaban J connectivity index is 2.31. The average molecular weight is 256 g/mol. The van der Waals surface area contributed by atoms with Gasteiger partial charge in [-0.25, -0.2) is 0 Å². The Labute approximate surface area is 111 Å². The van der Waals surface area contributed by atoms with E-state index in [1.165, 1.54) is 12.8 Å². The lowest BCUT2D eigenvalue weighted by Crippen LogP contribution is -2.35. The highest BCUT2D eigenvalue weighted by atomic mass is 16.5. The van der Waals surface area contributed by atoms with Gasteiger partial charge < -0.3 is 10.5 Å². The topological polar surface area (TPSA) is 55.6 Å². The third kappa shape index (κ3) is 5.83. The normalized spacial score (nSPS) is 17.9. The molecule has 1 rings (SSSR count). The molecular formula is C14H28N2O2. The molecule has 0 aromatic carbocycles. The first-order valence-electron chi connectivity index (χ1n) is 7.37. The molecule has 0 saturated carbocycles. The lowest BCUT2D eigenvalue weighted by molar-refractivity contribution is -0.145. The second-order valence-corrected chi connectivity index (χ2v) is 5.11. The van der Waals surface area contributed by atoms with E-state index in [0.29, 0.717) is 25.6 Å². The molecule has 0 bridgehead atoms. The monoisotopic (exact) mass is 256 g/mol. The Morgan fingerprint density at radius 3 is 2.67 bits per heavy atom. The second-order valence-electron chi connectivity index (χ2n) is 5.11. The quantitative estimate of drug-likeness (QED) is 0.506. The fraction of sp³-hybridized carbons (Fsp3) is 0.929. The van der Waals surface area contributed by atoms with Crippen molar-refractivity contribution in [2.24, 2.45) is 5.73 Å². The molecule has 4 heteroatoms. The van der Waals surface area contributed by atoms with Crippen LogP contribution < -0.4 is 5.73 Å². The van der Waals surface area contributed by atoms with Gasteiger partial charge >= 0.3 is 5.97 Å². The number of carbonyl (C=O) groups excluding carboxylic acids is 1. The minimum Gasteiger partial charge on any atom is -0.466 e. The van der Waals surface area contributed by atoms with E-state index in [-0.39, 0.29) is 5.97 Å². The number of rotatable bonds is 9. The average Bonchev–Trinajstić information content (AvgIpc) is 2.88. The van der Waals surface area contributed by atoms with Gasteiger partial charge in [0.2, 0.25) is 0 Å². The molecule has 1 atom stereocenters. The van der Waals surface area contributed by atoms with Crippen LogP contribution in [0.3, 0.4) is 0 Å². The molecule has 18 heavy (non-hydrogen) atoms. The molecule has 0 aliphatic carbocycles. The molecule has 0 radical (unpaired) electrons. The molecule has 1 aliphatic rings. The minimum atomic E-state index is -0.0441. The van der Waals surface area contributed by atoms with E-state index in [9.17, 15) is 4.79 Å². The highest BCUT2D eigenvalue weighted by Gasteiger charge is 2.24. The van der Waals surface area contributed by atoms with Crippen LogP contribution in [0.2, 0.25) is 0 Å². The van der Waals surface area contributed by atoms with Crippen molar-refractivity contribution in [3.8, 4) is 0 Å². The SMILES string of the molecule is CCCCOC(=O)CC(CCCN)N1CCCC1. The van der Waals surface area contributed by atoms with Gasteiger partial charge in [0.05, 0.1) is 13.0 Å². The molecule has 1 heterocycles. The van der Waals surface area contributed by atoms with E-state index in [1.807, 2.05) is 0 Å². The number of likely N-dealkylation sites (tertiary alicyclic amines) is 1. The van der Waals surface area contributed by atoms with Gasteiger partial charge in [0.1, 0.15) is 0 Å². The van der Waals surface area contributed by atoms with Crippen molar-refractivity contribution >= 4 is 5.97 Å². The third-order valence-electron chi connectivity index (χ3n) is 3.56. The molecule has 0 amide bonds. The first-order valence-corrected chi connectivity index (χ1v) is 7.37. The van der Waals surface area contributed by atoms with Gasteiger partial charge in [-0.05, 0) is 51.7 Å². The van der Waals surface area contributed by atoms with Crippen LogP contribution >= 0.6 is 0 Å². The van der Waals surface area contributed by atoms with Crippen LogP contribution in [0.15, 0.2) is 0 Å². The van der Waals surface area contributed by atoms with E-state index in [4.69, 9.17) is 10.5 Å². The highest BCUT2D eigenvalue weighted by Crippen LogP contribution is 2.18. The maximum absolute atomic E-state index is 11.8. The number of nitrogens with zero attached hydrogens (tertiary/aromatic N) is 1. The summed E-state index contributed by atoms with van der Waals surface area (Å²) in [5.74, 6) is -0.0441. The molecule has 1 fully saturated rings. The van der Waals surface area contributed by atoms with Gasteiger partial charge in [0.25, 0.3) is 0 Å². The lowest BCUT2D eigenvalue weighted by atomic mass is 10.1. The number of nitrogens with two attached hydrogens (primary N) is 1. The van der Waals surface area contributed by atoms with Crippen LogP contribution in [-0.2, 0) is 9.53 Å². The van der Waals surface area contributed by atoms with Crippen LogP contribution in [-0.4, -0.2) is 43.2 Å². The largest absolute Gasteiger partial charge is 0.466 e. The molecule has 2 N–H and O–H groups in total. The predicted octanol–water partition coefficient (Wildman–Crippen LogP) is 1.92. The van der Waals surface area contributed by atoms with Crippen LogP contribution in [0.25, 0.3) is 0 Å². The fourth-order valence-electron chi connectivity index (χ4n) is 2.46. The summed E-state index contributed by atoms with van der Waals surface area (Å²) in [6.07, 6.45) is 7.07. The molecule has 4 nitrogen and oxygen atoms in total. The van der Waals surface area contributed by atoms with Gasteiger partial charge in [0, 0.05) is 6.04 Å². The van der Waals surface area contributed by atoms with E-state index < -0.39 is 0 Å². The number of hydrogen-bond donors (Lipinski definition) is 1. The minimum absolute atomic E-state index is 0.0441. The summed E-state index contributed by atoms with van der Waals surface area (Å²) >= 11 is 0. The third-order valence-corrected chi connectivity index (χ3v) is 3.56.